The van der Waals surface area contributed by atoms with Crippen LogP contribution in [0.15, 0.2) is 0 Å². The Morgan fingerprint density at radius 1 is 1.50 bits per heavy atom. The number of nitrogens with zero attached hydrogens (tertiary/aromatic N) is 1. The van der Waals surface area contributed by atoms with Crippen molar-refractivity contribution in [3.8, 4) is 0 Å². The Hall–Kier alpha value is -0.570. The first kappa shape index (κ1) is 11.5. The van der Waals surface area contributed by atoms with Crippen LogP contribution in [0.3, 0.4) is 0 Å². The van der Waals surface area contributed by atoms with Crippen molar-refractivity contribution in [3.63, 3.8) is 0 Å². The summed E-state index contributed by atoms with van der Waals surface area (Å²) in [6.45, 7) is 5.88. The molecule has 0 radical (unpaired) electrons. The summed E-state index contributed by atoms with van der Waals surface area (Å²) in [7, 11) is 1.99. The van der Waals surface area contributed by atoms with Crippen molar-refractivity contribution in [1.29, 1.82) is 5.41 Å². The second-order valence-electron chi connectivity index (χ2n) is 4.41. The summed E-state index contributed by atoms with van der Waals surface area (Å²) in [5.41, 5.74) is 0. The van der Waals surface area contributed by atoms with Crippen molar-refractivity contribution < 1.29 is 4.74 Å². The van der Waals surface area contributed by atoms with Crippen LogP contribution >= 0.6 is 0 Å². The first-order valence-corrected chi connectivity index (χ1v) is 5.52. The molecule has 1 unspecified atom stereocenters. The Bertz CT molecular complexity index is 186. The zero-order valence-corrected chi connectivity index (χ0v) is 9.55. The molecule has 1 fully saturated rings. The molecule has 14 heavy (non-hydrogen) atoms. The predicted octanol–water partition coefficient (Wildman–Crippen LogP) is 2.12. The van der Waals surface area contributed by atoms with Crippen molar-refractivity contribution in [2.75, 3.05) is 20.2 Å². The molecular formula is C11H22N2O. The molecule has 1 aliphatic heterocycles. The Labute approximate surface area is 86.9 Å². The molecule has 1 heterocycles. The van der Waals surface area contributed by atoms with Gasteiger partial charge in [0.15, 0.2) is 0 Å². The maximum atomic E-state index is 7.84. The van der Waals surface area contributed by atoms with Gasteiger partial charge in [0.25, 0.3) is 0 Å². The molecule has 1 N–H and O–H groups in total. The van der Waals surface area contributed by atoms with E-state index in [-0.39, 0.29) is 0 Å². The topological polar surface area (TPSA) is 36.3 Å². The highest BCUT2D eigenvalue weighted by Crippen LogP contribution is 2.14. The lowest BCUT2D eigenvalue weighted by Crippen LogP contribution is -2.38. The monoisotopic (exact) mass is 198 g/mol. The molecule has 0 aromatic rings. The summed E-state index contributed by atoms with van der Waals surface area (Å²) < 4.78 is 5.64. The minimum Gasteiger partial charge on any atom is -0.376 e. The van der Waals surface area contributed by atoms with Gasteiger partial charge in [-0.1, -0.05) is 13.8 Å². The van der Waals surface area contributed by atoms with E-state index in [1.807, 2.05) is 11.9 Å². The van der Waals surface area contributed by atoms with E-state index in [2.05, 4.69) is 13.8 Å². The quantitative estimate of drug-likeness (QED) is 0.557. The second-order valence-corrected chi connectivity index (χ2v) is 4.41. The first-order valence-electron chi connectivity index (χ1n) is 5.52. The number of hydrogen-bond acceptors (Lipinski definition) is 2. The Kier molecular flexibility index (Phi) is 4.39. The van der Waals surface area contributed by atoms with Gasteiger partial charge in [0.1, 0.15) is 0 Å². The van der Waals surface area contributed by atoms with Crippen LogP contribution in [-0.2, 0) is 4.74 Å². The lowest BCUT2D eigenvalue weighted by Gasteiger charge is -2.29. The van der Waals surface area contributed by atoms with Crippen LogP contribution < -0.4 is 0 Å². The fraction of sp³-hybridized carbons (Fsp3) is 0.909. The molecule has 3 nitrogen and oxygen atoms in total. The van der Waals surface area contributed by atoms with E-state index in [9.17, 15) is 0 Å². The average molecular weight is 198 g/mol. The smallest absolute Gasteiger partial charge is 0.0982 e. The normalized spacial score (nSPS) is 22.4. The van der Waals surface area contributed by atoms with Crippen molar-refractivity contribution >= 4 is 5.84 Å². The highest BCUT2D eigenvalue weighted by molar-refractivity contribution is 5.80. The predicted molar refractivity (Wildman–Crippen MR) is 58.8 cm³/mol. The Morgan fingerprint density at radius 2 is 2.21 bits per heavy atom. The third kappa shape index (κ3) is 3.29. The van der Waals surface area contributed by atoms with E-state index in [4.69, 9.17) is 10.1 Å². The van der Waals surface area contributed by atoms with Crippen molar-refractivity contribution in [2.24, 2.45) is 5.92 Å². The van der Waals surface area contributed by atoms with Crippen LogP contribution in [0.5, 0.6) is 0 Å². The molecule has 0 aromatic heterocycles. The largest absolute Gasteiger partial charge is 0.376 e. The Morgan fingerprint density at radius 3 is 2.71 bits per heavy atom. The van der Waals surface area contributed by atoms with Gasteiger partial charge in [0.05, 0.1) is 11.9 Å². The summed E-state index contributed by atoms with van der Waals surface area (Å²) in [6, 6.07) is 0. The van der Waals surface area contributed by atoms with Crippen LogP contribution in [0.2, 0.25) is 0 Å². The zero-order valence-electron chi connectivity index (χ0n) is 9.55. The molecule has 82 valence electrons. The first-order chi connectivity index (χ1) is 6.61. The van der Waals surface area contributed by atoms with E-state index >= 15 is 0 Å². The van der Waals surface area contributed by atoms with Gasteiger partial charge in [-0.15, -0.1) is 0 Å². The molecule has 1 rings (SSSR count). The van der Waals surface area contributed by atoms with Crippen LogP contribution in [0, 0.1) is 11.3 Å². The average Bonchev–Trinajstić information content (AvgIpc) is 2.18. The van der Waals surface area contributed by atoms with E-state index in [1.165, 1.54) is 12.8 Å². The summed E-state index contributed by atoms with van der Waals surface area (Å²) in [5.74, 6) is 1.02. The molecule has 0 bridgehead atoms. The summed E-state index contributed by atoms with van der Waals surface area (Å²) in [5, 5.41) is 7.84. The van der Waals surface area contributed by atoms with Crippen LogP contribution in [0.25, 0.3) is 0 Å². The van der Waals surface area contributed by atoms with E-state index < -0.39 is 0 Å². The molecule has 3 heteroatoms. The van der Waals surface area contributed by atoms with Crippen LogP contribution in [0.1, 0.15) is 33.1 Å². The highest BCUT2D eigenvalue weighted by Gasteiger charge is 2.18. The van der Waals surface area contributed by atoms with Gasteiger partial charge in [-0.2, -0.15) is 0 Å². The maximum Gasteiger partial charge on any atom is 0.0982 e. The number of ether oxygens (including phenoxy) is 1. The van der Waals surface area contributed by atoms with Gasteiger partial charge < -0.3 is 9.64 Å². The fourth-order valence-corrected chi connectivity index (χ4v) is 1.80. The van der Waals surface area contributed by atoms with Gasteiger partial charge in [0, 0.05) is 26.1 Å². The van der Waals surface area contributed by atoms with Crippen molar-refractivity contribution in [3.05, 3.63) is 0 Å². The van der Waals surface area contributed by atoms with Crippen molar-refractivity contribution in [2.45, 2.75) is 39.2 Å². The van der Waals surface area contributed by atoms with E-state index in [0.717, 1.165) is 19.6 Å². The van der Waals surface area contributed by atoms with Crippen LogP contribution in [-0.4, -0.2) is 37.0 Å². The highest BCUT2D eigenvalue weighted by atomic mass is 16.5. The molecule has 0 aliphatic carbocycles. The van der Waals surface area contributed by atoms with E-state index in [0.29, 0.717) is 17.9 Å². The lowest BCUT2D eigenvalue weighted by atomic mass is 10.1. The summed E-state index contributed by atoms with van der Waals surface area (Å²) in [6.07, 6.45) is 3.96. The number of amidine groups is 1. The minimum absolute atomic E-state index is 0.309. The van der Waals surface area contributed by atoms with Gasteiger partial charge in [-0.05, 0) is 19.3 Å². The number of likely N-dealkylation sites (N-methyl/N-ethyl adjacent to an activating group) is 1. The third-order valence-electron chi connectivity index (χ3n) is 2.71. The van der Waals surface area contributed by atoms with Gasteiger partial charge >= 0.3 is 0 Å². The SMILES string of the molecule is CC(C)C(=N)N(C)CC1CCCCO1. The number of hydrogen-bond donors (Lipinski definition) is 1. The molecular weight excluding hydrogens is 176 g/mol. The molecule has 0 spiro atoms. The molecule has 1 atom stereocenters. The van der Waals surface area contributed by atoms with Crippen molar-refractivity contribution in [1.82, 2.24) is 4.90 Å². The Balaban J connectivity index is 2.31. The molecule has 0 saturated carbocycles. The van der Waals surface area contributed by atoms with Gasteiger partial charge in [-0.25, -0.2) is 0 Å². The van der Waals surface area contributed by atoms with Crippen LogP contribution in [0.4, 0.5) is 0 Å². The molecule has 1 saturated heterocycles. The molecule has 1 aliphatic rings. The number of rotatable bonds is 3. The third-order valence-corrected chi connectivity index (χ3v) is 2.71. The number of nitrogens with one attached hydrogen (secondary N) is 1. The minimum atomic E-state index is 0.309. The molecule has 0 aromatic carbocycles. The zero-order chi connectivity index (χ0) is 10.6. The summed E-state index contributed by atoms with van der Waals surface area (Å²) in [4.78, 5) is 2.01. The maximum absolute atomic E-state index is 7.84. The fourth-order valence-electron chi connectivity index (χ4n) is 1.80. The second kappa shape index (κ2) is 5.35. The van der Waals surface area contributed by atoms with E-state index in [1.54, 1.807) is 0 Å². The van der Waals surface area contributed by atoms with Gasteiger partial charge in [-0.3, -0.25) is 5.41 Å². The lowest BCUT2D eigenvalue weighted by molar-refractivity contribution is 0.00663. The van der Waals surface area contributed by atoms with Gasteiger partial charge in [0.2, 0.25) is 0 Å². The standard InChI is InChI=1S/C11H22N2O/c1-9(2)11(12)13(3)8-10-6-4-5-7-14-10/h9-10,12H,4-8H2,1-3H3. The summed E-state index contributed by atoms with van der Waals surface area (Å²) >= 11 is 0. The molecule has 0 amide bonds.